The minimum atomic E-state index is 0.554. The molecule has 0 radical (unpaired) electrons. The summed E-state index contributed by atoms with van der Waals surface area (Å²) in [4.78, 5) is 17.8. The number of hydrogen-bond acceptors (Lipinski definition) is 6. The molecular formula is C19H26ClN5O. The van der Waals surface area contributed by atoms with E-state index in [1.807, 2.05) is 32.0 Å². The minimum Gasteiger partial charge on any atom is -0.477 e. The topological polar surface area (TPSA) is 54.4 Å². The SMILES string of the molecule is Cc1ncc(OCCCCN2CCN(c3cccc(Cl)n3)CC2)nc1C. The highest BCUT2D eigenvalue weighted by Gasteiger charge is 2.17. The van der Waals surface area contributed by atoms with Crippen LogP contribution in [0.3, 0.4) is 0 Å². The number of rotatable bonds is 7. The molecule has 7 heteroatoms. The Balaban J connectivity index is 1.32. The molecule has 1 aliphatic heterocycles. The molecule has 2 aromatic heterocycles. The summed E-state index contributed by atoms with van der Waals surface area (Å²) >= 11 is 5.98. The second-order valence-corrected chi connectivity index (χ2v) is 6.97. The normalized spacial score (nSPS) is 15.3. The summed E-state index contributed by atoms with van der Waals surface area (Å²) in [6.07, 6.45) is 3.84. The van der Waals surface area contributed by atoms with Gasteiger partial charge in [0, 0.05) is 26.2 Å². The van der Waals surface area contributed by atoms with Gasteiger partial charge in [-0.25, -0.2) is 9.97 Å². The van der Waals surface area contributed by atoms with E-state index in [4.69, 9.17) is 16.3 Å². The van der Waals surface area contributed by atoms with Gasteiger partial charge < -0.3 is 9.64 Å². The zero-order valence-corrected chi connectivity index (χ0v) is 16.2. The Morgan fingerprint density at radius 3 is 2.58 bits per heavy atom. The maximum atomic E-state index is 5.98. The van der Waals surface area contributed by atoms with Crippen molar-refractivity contribution in [3.05, 3.63) is 40.9 Å². The molecule has 0 spiro atoms. The number of anilines is 1. The molecule has 6 nitrogen and oxygen atoms in total. The number of piperazine rings is 1. The smallest absolute Gasteiger partial charge is 0.232 e. The average molecular weight is 376 g/mol. The van der Waals surface area contributed by atoms with Gasteiger partial charge in [-0.3, -0.25) is 9.88 Å². The molecule has 2 aromatic rings. The van der Waals surface area contributed by atoms with Crippen LogP contribution < -0.4 is 9.64 Å². The summed E-state index contributed by atoms with van der Waals surface area (Å²) in [6, 6.07) is 5.79. The van der Waals surface area contributed by atoms with Crippen molar-refractivity contribution in [1.29, 1.82) is 0 Å². The first-order chi connectivity index (χ1) is 12.6. The van der Waals surface area contributed by atoms with E-state index in [9.17, 15) is 0 Å². The van der Waals surface area contributed by atoms with Gasteiger partial charge in [-0.2, -0.15) is 0 Å². The van der Waals surface area contributed by atoms with Gasteiger partial charge in [0.15, 0.2) is 0 Å². The molecule has 0 amide bonds. The number of ether oxygens (including phenoxy) is 1. The molecule has 0 aromatic carbocycles. The van der Waals surface area contributed by atoms with Crippen LogP contribution in [0.25, 0.3) is 0 Å². The van der Waals surface area contributed by atoms with Crippen LogP contribution in [-0.2, 0) is 0 Å². The van der Waals surface area contributed by atoms with Gasteiger partial charge in [0.1, 0.15) is 11.0 Å². The second-order valence-electron chi connectivity index (χ2n) is 6.58. The van der Waals surface area contributed by atoms with E-state index in [2.05, 4.69) is 24.8 Å². The third kappa shape index (κ3) is 5.29. The predicted octanol–water partition coefficient (Wildman–Crippen LogP) is 3.12. The Morgan fingerprint density at radius 2 is 1.85 bits per heavy atom. The van der Waals surface area contributed by atoms with Crippen LogP contribution in [0.2, 0.25) is 5.15 Å². The van der Waals surface area contributed by atoms with Crippen molar-refractivity contribution in [2.45, 2.75) is 26.7 Å². The summed E-state index contributed by atoms with van der Waals surface area (Å²) in [6.45, 7) is 9.77. The molecule has 0 saturated carbocycles. The molecule has 0 bridgehead atoms. The van der Waals surface area contributed by atoms with E-state index >= 15 is 0 Å². The molecule has 1 fully saturated rings. The van der Waals surface area contributed by atoms with Gasteiger partial charge in [0.2, 0.25) is 5.88 Å². The summed E-state index contributed by atoms with van der Waals surface area (Å²) in [5.74, 6) is 1.59. The Kier molecular flexibility index (Phi) is 6.63. The average Bonchev–Trinajstić information content (AvgIpc) is 2.65. The molecule has 3 heterocycles. The molecule has 26 heavy (non-hydrogen) atoms. The van der Waals surface area contributed by atoms with Gasteiger partial charge in [-0.05, 0) is 45.4 Å². The Labute approximate surface area is 160 Å². The number of aryl methyl sites for hydroxylation is 2. The molecule has 3 rings (SSSR count). The van der Waals surface area contributed by atoms with Crippen LogP contribution in [0.15, 0.2) is 24.4 Å². The number of nitrogens with zero attached hydrogens (tertiary/aromatic N) is 5. The molecule has 0 N–H and O–H groups in total. The number of unbranched alkanes of at least 4 members (excludes halogenated alkanes) is 1. The van der Waals surface area contributed by atoms with Crippen LogP contribution in [0.5, 0.6) is 5.88 Å². The zero-order valence-electron chi connectivity index (χ0n) is 15.5. The number of halogens is 1. The van der Waals surface area contributed by atoms with Gasteiger partial charge in [0.05, 0.1) is 24.2 Å². The van der Waals surface area contributed by atoms with E-state index in [0.717, 1.165) is 62.8 Å². The van der Waals surface area contributed by atoms with E-state index in [-0.39, 0.29) is 0 Å². The first kappa shape index (κ1) is 18.9. The third-order valence-corrected chi connectivity index (χ3v) is 4.90. The van der Waals surface area contributed by atoms with Crippen molar-refractivity contribution < 1.29 is 4.74 Å². The van der Waals surface area contributed by atoms with Crippen molar-refractivity contribution in [3.8, 4) is 5.88 Å². The zero-order chi connectivity index (χ0) is 18.4. The van der Waals surface area contributed by atoms with Crippen LogP contribution in [-0.4, -0.2) is 59.2 Å². The Hall–Kier alpha value is -1.92. The van der Waals surface area contributed by atoms with E-state index in [1.54, 1.807) is 6.20 Å². The molecular weight excluding hydrogens is 350 g/mol. The maximum Gasteiger partial charge on any atom is 0.232 e. The van der Waals surface area contributed by atoms with Gasteiger partial charge in [-0.15, -0.1) is 0 Å². The summed E-state index contributed by atoms with van der Waals surface area (Å²) in [7, 11) is 0. The van der Waals surface area contributed by atoms with Gasteiger partial charge in [0.25, 0.3) is 0 Å². The quantitative estimate of drug-likeness (QED) is 0.547. The lowest BCUT2D eigenvalue weighted by molar-refractivity contribution is 0.236. The van der Waals surface area contributed by atoms with Crippen molar-refractivity contribution in [2.75, 3.05) is 44.2 Å². The van der Waals surface area contributed by atoms with Gasteiger partial charge >= 0.3 is 0 Å². The Morgan fingerprint density at radius 1 is 1.04 bits per heavy atom. The fourth-order valence-corrected chi connectivity index (χ4v) is 3.14. The first-order valence-electron chi connectivity index (χ1n) is 9.15. The van der Waals surface area contributed by atoms with Crippen molar-refractivity contribution in [1.82, 2.24) is 19.9 Å². The van der Waals surface area contributed by atoms with Crippen LogP contribution in [0, 0.1) is 13.8 Å². The fraction of sp³-hybridized carbons (Fsp3) is 0.526. The highest BCUT2D eigenvalue weighted by molar-refractivity contribution is 6.29. The van der Waals surface area contributed by atoms with E-state index in [0.29, 0.717) is 17.6 Å². The molecule has 1 saturated heterocycles. The number of aromatic nitrogens is 3. The highest BCUT2D eigenvalue weighted by atomic mass is 35.5. The van der Waals surface area contributed by atoms with Crippen LogP contribution in [0.1, 0.15) is 24.2 Å². The maximum absolute atomic E-state index is 5.98. The van der Waals surface area contributed by atoms with Crippen LogP contribution in [0.4, 0.5) is 5.82 Å². The molecule has 0 atom stereocenters. The standard InChI is InChI=1S/C19H26ClN5O/c1-15-16(2)22-19(14-21-15)26-13-4-3-8-24-9-11-25(12-10-24)18-7-5-6-17(20)23-18/h5-7,14H,3-4,8-13H2,1-2H3. The lowest BCUT2D eigenvalue weighted by Crippen LogP contribution is -2.46. The van der Waals surface area contributed by atoms with Crippen molar-refractivity contribution >= 4 is 17.4 Å². The van der Waals surface area contributed by atoms with Crippen molar-refractivity contribution in [3.63, 3.8) is 0 Å². The summed E-state index contributed by atoms with van der Waals surface area (Å²) in [5.41, 5.74) is 1.87. The fourth-order valence-electron chi connectivity index (χ4n) is 2.98. The van der Waals surface area contributed by atoms with Crippen LogP contribution >= 0.6 is 11.6 Å². The van der Waals surface area contributed by atoms with E-state index < -0.39 is 0 Å². The van der Waals surface area contributed by atoms with E-state index in [1.165, 1.54) is 0 Å². The van der Waals surface area contributed by atoms with Gasteiger partial charge in [-0.1, -0.05) is 17.7 Å². The van der Waals surface area contributed by atoms with Crippen molar-refractivity contribution in [2.24, 2.45) is 0 Å². The highest BCUT2D eigenvalue weighted by Crippen LogP contribution is 2.16. The predicted molar refractivity (Wildman–Crippen MR) is 104 cm³/mol. The minimum absolute atomic E-state index is 0.554. The summed E-state index contributed by atoms with van der Waals surface area (Å²) < 4.78 is 5.70. The number of hydrogen-bond donors (Lipinski definition) is 0. The molecule has 0 unspecified atom stereocenters. The second kappa shape index (κ2) is 9.14. The lowest BCUT2D eigenvalue weighted by Gasteiger charge is -2.35. The number of pyridine rings is 1. The first-order valence-corrected chi connectivity index (χ1v) is 9.52. The molecule has 0 aliphatic carbocycles. The Bertz CT molecular complexity index is 719. The monoisotopic (exact) mass is 375 g/mol. The lowest BCUT2D eigenvalue weighted by atomic mass is 10.2. The summed E-state index contributed by atoms with van der Waals surface area (Å²) in [5, 5.41) is 0.554. The molecule has 140 valence electrons. The third-order valence-electron chi connectivity index (χ3n) is 4.69. The largest absolute Gasteiger partial charge is 0.477 e. The molecule has 1 aliphatic rings.